The number of nitrogens with one attached hydrogen (secondary N) is 1. The average molecular weight is 205 g/mol. The van der Waals surface area contributed by atoms with E-state index in [2.05, 4.69) is 4.98 Å². The van der Waals surface area contributed by atoms with Crippen LogP contribution in [0.15, 0.2) is 18.3 Å². The highest BCUT2D eigenvalue weighted by Crippen LogP contribution is 2.23. The van der Waals surface area contributed by atoms with Gasteiger partial charge in [0.1, 0.15) is 5.82 Å². The molecule has 0 saturated carbocycles. The van der Waals surface area contributed by atoms with Gasteiger partial charge in [-0.25, -0.2) is 4.39 Å². The van der Waals surface area contributed by atoms with E-state index in [-0.39, 0.29) is 17.2 Å². The molecule has 2 rings (SSSR count). The van der Waals surface area contributed by atoms with Crippen molar-refractivity contribution in [2.75, 3.05) is 0 Å². The Kier molecular flexibility index (Phi) is 2.11. The molecule has 3 nitrogen and oxygen atoms in total. The number of aldehydes is 1. The Balaban J connectivity index is 2.83. The van der Waals surface area contributed by atoms with Crippen LogP contribution in [0.2, 0.25) is 0 Å². The largest absolute Gasteiger partial charge is 0.360 e. The maximum atomic E-state index is 13.7. The van der Waals surface area contributed by atoms with Gasteiger partial charge in [0, 0.05) is 17.1 Å². The fourth-order valence-corrected chi connectivity index (χ4v) is 1.54. The van der Waals surface area contributed by atoms with Crippen LogP contribution in [0.25, 0.3) is 10.9 Å². The molecule has 0 radical (unpaired) electrons. The molecule has 0 saturated heterocycles. The molecule has 1 N–H and O–H groups in total. The monoisotopic (exact) mass is 205 g/mol. The van der Waals surface area contributed by atoms with E-state index in [1.807, 2.05) is 0 Å². The van der Waals surface area contributed by atoms with Crippen molar-refractivity contribution in [1.29, 1.82) is 0 Å². The smallest absolute Gasteiger partial charge is 0.227 e. The van der Waals surface area contributed by atoms with Gasteiger partial charge in [0.2, 0.25) is 5.78 Å². The number of hydrogen-bond donors (Lipinski definition) is 1. The lowest BCUT2D eigenvalue weighted by Gasteiger charge is -1.98. The minimum atomic E-state index is -0.717. The standard InChI is InChI=1S/C11H8FNO2/c1-6-2-3-8-10(11(6)12)7(4-13-8)9(15)5-14/h2-5,13H,1H3. The second-order valence-electron chi connectivity index (χ2n) is 3.30. The van der Waals surface area contributed by atoms with Crippen molar-refractivity contribution in [1.82, 2.24) is 4.98 Å². The molecule has 1 heterocycles. The van der Waals surface area contributed by atoms with Gasteiger partial charge >= 0.3 is 0 Å². The number of carbonyl (C=O) groups excluding carboxylic acids is 2. The van der Waals surface area contributed by atoms with Crippen LogP contribution in [0.1, 0.15) is 15.9 Å². The van der Waals surface area contributed by atoms with E-state index in [1.54, 1.807) is 19.1 Å². The first-order valence-electron chi connectivity index (χ1n) is 4.41. The van der Waals surface area contributed by atoms with Crippen molar-refractivity contribution in [2.45, 2.75) is 6.92 Å². The summed E-state index contributed by atoms with van der Waals surface area (Å²) in [5, 5.41) is 0.187. The third-order valence-electron chi connectivity index (χ3n) is 2.35. The lowest BCUT2D eigenvalue weighted by atomic mass is 10.1. The zero-order valence-corrected chi connectivity index (χ0v) is 8.00. The Hall–Kier alpha value is -1.97. The third-order valence-corrected chi connectivity index (χ3v) is 2.35. The molecule has 1 aromatic carbocycles. The third kappa shape index (κ3) is 1.34. The maximum Gasteiger partial charge on any atom is 0.227 e. The molecule has 1 aromatic heterocycles. The van der Waals surface area contributed by atoms with Crippen LogP contribution in [-0.4, -0.2) is 17.1 Å². The molecule has 4 heteroatoms. The summed E-state index contributed by atoms with van der Waals surface area (Å²) < 4.78 is 13.7. The highest BCUT2D eigenvalue weighted by Gasteiger charge is 2.15. The van der Waals surface area contributed by atoms with Crippen LogP contribution in [0.5, 0.6) is 0 Å². The second-order valence-corrected chi connectivity index (χ2v) is 3.30. The number of aromatic amines is 1. The minimum absolute atomic E-state index is 0.0844. The lowest BCUT2D eigenvalue weighted by molar-refractivity contribution is -0.104. The van der Waals surface area contributed by atoms with Crippen molar-refractivity contribution >= 4 is 23.0 Å². The number of ketones is 1. The first-order valence-corrected chi connectivity index (χ1v) is 4.41. The molecular formula is C11H8FNO2. The molecule has 2 aromatic rings. The molecule has 0 aliphatic rings. The highest BCUT2D eigenvalue weighted by atomic mass is 19.1. The molecular weight excluding hydrogens is 197 g/mol. The molecule has 0 amide bonds. The Morgan fingerprint density at radius 2 is 2.20 bits per heavy atom. The molecule has 76 valence electrons. The van der Waals surface area contributed by atoms with Gasteiger partial charge in [-0.15, -0.1) is 0 Å². The first-order chi connectivity index (χ1) is 7.15. The van der Waals surface area contributed by atoms with Gasteiger partial charge in [-0.3, -0.25) is 9.59 Å². The van der Waals surface area contributed by atoms with Gasteiger partial charge in [-0.1, -0.05) is 6.07 Å². The number of hydrogen-bond acceptors (Lipinski definition) is 2. The summed E-state index contributed by atoms with van der Waals surface area (Å²) in [6, 6.07) is 3.29. The van der Waals surface area contributed by atoms with Gasteiger partial charge in [0.25, 0.3) is 0 Å². The summed E-state index contributed by atoms with van der Waals surface area (Å²) in [5.74, 6) is -1.18. The summed E-state index contributed by atoms with van der Waals surface area (Å²) in [7, 11) is 0. The van der Waals surface area contributed by atoms with Gasteiger partial charge in [0.15, 0.2) is 6.29 Å². The van der Waals surface area contributed by atoms with Crippen molar-refractivity contribution in [3.63, 3.8) is 0 Å². The number of carbonyl (C=O) groups is 2. The molecule has 0 aliphatic carbocycles. The normalized spacial score (nSPS) is 10.5. The second kappa shape index (κ2) is 3.31. The van der Waals surface area contributed by atoms with Gasteiger partial charge in [-0.05, 0) is 18.6 Å². The molecule has 0 unspecified atom stereocenters. The molecule has 0 atom stereocenters. The lowest BCUT2D eigenvalue weighted by Crippen LogP contribution is -1.99. The Bertz CT molecular complexity index is 557. The van der Waals surface area contributed by atoms with Gasteiger partial charge in [-0.2, -0.15) is 0 Å². The quantitative estimate of drug-likeness (QED) is 0.463. The van der Waals surface area contributed by atoms with Crippen molar-refractivity contribution < 1.29 is 14.0 Å². The van der Waals surface area contributed by atoms with Crippen molar-refractivity contribution in [3.8, 4) is 0 Å². The van der Waals surface area contributed by atoms with Crippen LogP contribution in [0, 0.1) is 12.7 Å². The number of fused-ring (bicyclic) bond motifs is 1. The fraction of sp³-hybridized carbons (Fsp3) is 0.0909. The Labute approximate surface area is 84.9 Å². The number of aryl methyl sites for hydroxylation is 1. The number of rotatable bonds is 2. The zero-order chi connectivity index (χ0) is 11.0. The minimum Gasteiger partial charge on any atom is -0.360 e. The van der Waals surface area contributed by atoms with Crippen LogP contribution < -0.4 is 0 Å². The van der Waals surface area contributed by atoms with Gasteiger partial charge < -0.3 is 4.98 Å². The molecule has 15 heavy (non-hydrogen) atoms. The predicted molar refractivity (Wildman–Crippen MR) is 53.4 cm³/mol. The van der Waals surface area contributed by atoms with E-state index in [1.165, 1.54) is 6.20 Å². The zero-order valence-electron chi connectivity index (χ0n) is 8.00. The SMILES string of the molecule is Cc1ccc2[nH]cc(C(=O)C=O)c2c1F. The van der Waals surface area contributed by atoms with Crippen LogP contribution >= 0.6 is 0 Å². The summed E-state index contributed by atoms with van der Waals surface area (Å²) in [4.78, 5) is 24.3. The number of H-pyrrole nitrogens is 1. The van der Waals surface area contributed by atoms with E-state index in [0.717, 1.165) is 0 Å². The number of halogens is 1. The predicted octanol–water partition coefficient (Wildman–Crippen LogP) is 2.00. The van der Waals surface area contributed by atoms with Crippen molar-refractivity contribution in [3.05, 3.63) is 35.3 Å². The number of aromatic nitrogens is 1. The Morgan fingerprint density at radius 1 is 1.47 bits per heavy atom. The summed E-state index contributed by atoms with van der Waals surface area (Å²) in [6.07, 6.45) is 1.54. The van der Waals surface area contributed by atoms with Crippen molar-refractivity contribution in [2.24, 2.45) is 0 Å². The number of Topliss-reactive ketones (excluding diaryl/α,β-unsaturated/α-hetero) is 1. The summed E-state index contributed by atoms with van der Waals surface area (Å²) in [6.45, 7) is 1.61. The van der Waals surface area contributed by atoms with E-state index in [9.17, 15) is 14.0 Å². The molecule has 0 aliphatic heterocycles. The summed E-state index contributed by atoms with van der Waals surface area (Å²) in [5.41, 5.74) is 1.05. The molecule has 0 fully saturated rings. The summed E-state index contributed by atoms with van der Waals surface area (Å²) >= 11 is 0. The van der Waals surface area contributed by atoms with Gasteiger partial charge in [0.05, 0.1) is 5.56 Å². The highest BCUT2D eigenvalue weighted by molar-refractivity contribution is 6.36. The molecule has 0 bridgehead atoms. The van der Waals surface area contributed by atoms with E-state index >= 15 is 0 Å². The Morgan fingerprint density at radius 3 is 2.87 bits per heavy atom. The topological polar surface area (TPSA) is 49.9 Å². The van der Waals surface area contributed by atoms with Crippen LogP contribution in [0.3, 0.4) is 0 Å². The fourth-order valence-electron chi connectivity index (χ4n) is 1.54. The molecule has 0 spiro atoms. The van der Waals surface area contributed by atoms with E-state index in [4.69, 9.17) is 0 Å². The van der Waals surface area contributed by atoms with Crippen LogP contribution in [-0.2, 0) is 4.79 Å². The average Bonchev–Trinajstić information content (AvgIpc) is 2.67. The van der Waals surface area contributed by atoms with E-state index < -0.39 is 11.6 Å². The van der Waals surface area contributed by atoms with E-state index in [0.29, 0.717) is 11.1 Å². The van der Waals surface area contributed by atoms with Crippen LogP contribution in [0.4, 0.5) is 4.39 Å². The first kappa shape index (κ1) is 9.58. The number of benzene rings is 1. The maximum absolute atomic E-state index is 13.7.